The number of aliphatic imine (C=N–C) groups is 1. The molecule has 0 amide bonds. The monoisotopic (exact) mass is 958 g/mol. The molecule has 0 saturated carbocycles. The van der Waals surface area contributed by atoms with Gasteiger partial charge in [0.1, 0.15) is 19.8 Å². The number of carbonyl (C=O) groups excluding carboxylic acids is 2. The van der Waals surface area contributed by atoms with E-state index in [0.717, 1.165) is 44.4 Å². The van der Waals surface area contributed by atoms with E-state index in [4.69, 9.17) is 19.2 Å². The van der Waals surface area contributed by atoms with Crippen LogP contribution in [0.4, 0.5) is 0 Å². The van der Waals surface area contributed by atoms with Crippen molar-refractivity contribution >= 4 is 17.8 Å². The largest absolute Gasteiger partial charge is 0.478 e. The molecule has 1 aliphatic rings. The SMILES string of the molecule is CCCCCCCCCCCCCCCCCCCC1=NC(COC(=O)CCCCCCCCCCCCCCCCCC)(COC(=O)CCCCCCCCCCCCCCCCCC)CO1. The number of nitrogens with zero attached hydrogens (tertiary/aromatic N) is 1. The van der Waals surface area contributed by atoms with E-state index in [1.807, 2.05) is 0 Å². The van der Waals surface area contributed by atoms with Gasteiger partial charge in [0.25, 0.3) is 0 Å². The summed E-state index contributed by atoms with van der Waals surface area (Å²) >= 11 is 0. The van der Waals surface area contributed by atoms with Crippen molar-refractivity contribution in [1.29, 1.82) is 0 Å². The summed E-state index contributed by atoms with van der Waals surface area (Å²) in [7, 11) is 0. The first-order valence-corrected chi connectivity index (χ1v) is 31.1. The van der Waals surface area contributed by atoms with E-state index < -0.39 is 5.54 Å². The Balaban J connectivity index is 2.32. The van der Waals surface area contributed by atoms with Gasteiger partial charge in [0, 0.05) is 19.3 Å². The van der Waals surface area contributed by atoms with Crippen LogP contribution in [0.15, 0.2) is 4.99 Å². The minimum atomic E-state index is -0.835. The summed E-state index contributed by atoms with van der Waals surface area (Å²) in [6.45, 7) is 7.40. The minimum Gasteiger partial charge on any atom is -0.478 e. The van der Waals surface area contributed by atoms with Gasteiger partial charge in [0.2, 0.25) is 0 Å². The van der Waals surface area contributed by atoms with Gasteiger partial charge in [-0.25, -0.2) is 4.99 Å². The van der Waals surface area contributed by atoms with Crippen molar-refractivity contribution in [2.24, 2.45) is 4.99 Å². The first-order valence-electron chi connectivity index (χ1n) is 31.1. The van der Waals surface area contributed by atoms with Crippen LogP contribution in [0.2, 0.25) is 0 Å². The summed E-state index contributed by atoms with van der Waals surface area (Å²) in [6, 6.07) is 0. The molecule has 6 heteroatoms. The van der Waals surface area contributed by atoms with E-state index >= 15 is 0 Å². The number of ether oxygens (including phenoxy) is 3. The third-order valence-corrected chi connectivity index (χ3v) is 14.8. The quantitative estimate of drug-likeness (QED) is 0.0448. The first-order chi connectivity index (χ1) is 33.5. The highest BCUT2D eigenvalue weighted by molar-refractivity contribution is 5.78. The molecule has 0 saturated heterocycles. The molecule has 0 fully saturated rings. The molecular weight excluding hydrogens is 839 g/mol. The zero-order valence-corrected chi connectivity index (χ0v) is 46.4. The topological polar surface area (TPSA) is 74.2 Å². The van der Waals surface area contributed by atoms with Crippen molar-refractivity contribution in [3.8, 4) is 0 Å². The van der Waals surface area contributed by atoms with Crippen LogP contribution >= 0.6 is 0 Å². The lowest BCUT2D eigenvalue weighted by molar-refractivity contribution is -0.150. The Kier molecular flexibility index (Phi) is 49.0. The minimum absolute atomic E-state index is 0.111. The second kappa shape index (κ2) is 51.8. The molecule has 402 valence electrons. The van der Waals surface area contributed by atoms with Crippen LogP contribution in [0.3, 0.4) is 0 Å². The highest BCUT2D eigenvalue weighted by Gasteiger charge is 2.40. The molecule has 0 atom stereocenters. The second-order valence-electron chi connectivity index (χ2n) is 21.9. The van der Waals surface area contributed by atoms with Crippen LogP contribution in [0.5, 0.6) is 0 Å². The molecule has 0 aromatic heterocycles. The van der Waals surface area contributed by atoms with E-state index in [1.165, 1.54) is 283 Å². The smallest absolute Gasteiger partial charge is 0.305 e. The predicted octanol–water partition coefficient (Wildman–Crippen LogP) is 20.6. The fraction of sp³-hybridized carbons (Fsp3) is 0.952. The molecule has 68 heavy (non-hydrogen) atoms. The maximum atomic E-state index is 12.9. The highest BCUT2D eigenvalue weighted by Crippen LogP contribution is 2.25. The Labute approximate surface area is 425 Å². The fourth-order valence-electron chi connectivity index (χ4n) is 10.1. The van der Waals surface area contributed by atoms with Crippen molar-refractivity contribution in [3.63, 3.8) is 0 Å². The van der Waals surface area contributed by atoms with Gasteiger partial charge in [-0.1, -0.05) is 316 Å². The Morgan fingerprint density at radius 2 is 0.574 bits per heavy atom. The van der Waals surface area contributed by atoms with Gasteiger partial charge in [-0.2, -0.15) is 0 Å². The molecule has 0 N–H and O–H groups in total. The molecule has 6 nitrogen and oxygen atoms in total. The van der Waals surface area contributed by atoms with Crippen LogP contribution in [-0.2, 0) is 23.8 Å². The van der Waals surface area contributed by atoms with E-state index in [0.29, 0.717) is 19.4 Å². The molecule has 0 unspecified atom stereocenters. The number of hydrogen-bond donors (Lipinski definition) is 0. The Morgan fingerprint density at radius 3 is 0.824 bits per heavy atom. The van der Waals surface area contributed by atoms with Gasteiger partial charge in [0.15, 0.2) is 11.4 Å². The van der Waals surface area contributed by atoms with Crippen LogP contribution in [0, 0.1) is 0 Å². The maximum absolute atomic E-state index is 12.9. The number of esters is 2. The summed E-state index contributed by atoms with van der Waals surface area (Å²) < 4.78 is 17.8. The first kappa shape index (κ1) is 64.4. The third kappa shape index (κ3) is 44.4. The summed E-state index contributed by atoms with van der Waals surface area (Å²) in [6.07, 6.45) is 66.7. The van der Waals surface area contributed by atoms with Crippen molar-refractivity contribution in [2.75, 3.05) is 19.8 Å². The molecule has 0 spiro atoms. The Morgan fingerprint density at radius 1 is 0.353 bits per heavy atom. The predicted molar refractivity (Wildman–Crippen MR) is 295 cm³/mol. The molecule has 1 aliphatic heterocycles. The fourth-order valence-corrected chi connectivity index (χ4v) is 10.1. The van der Waals surface area contributed by atoms with Gasteiger partial charge < -0.3 is 14.2 Å². The van der Waals surface area contributed by atoms with Gasteiger partial charge in [-0.3, -0.25) is 9.59 Å². The molecule has 0 radical (unpaired) electrons. The average Bonchev–Trinajstić information content (AvgIpc) is 3.76. The number of carbonyl (C=O) groups is 2. The van der Waals surface area contributed by atoms with E-state index in [9.17, 15) is 9.59 Å². The summed E-state index contributed by atoms with van der Waals surface area (Å²) in [5.41, 5.74) is -0.835. The van der Waals surface area contributed by atoms with Gasteiger partial charge >= 0.3 is 11.9 Å². The third-order valence-electron chi connectivity index (χ3n) is 14.8. The van der Waals surface area contributed by atoms with E-state index in [2.05, 4.69) is 20.8 Å². The molecule has 0 aromatic carbocycles. The highest BCUT2D eigenvalue weighted by atomic mass is 16.6. The van der Waals surface area contributed by atoms with E-state index in [1.54, 1.807) is 0 Å². The zero-order valence-electron chi connectivity index (χ0n) is 46.4. The molecular formula is C62H119NO5. The average molecular weight is 959 g/mol. The number of hydrogen-bond acceptors (Lipinski definition) is 6. The molecule has 1 rings (SSSR count). The molecule has 0 aliphatic carbocycles. The van der Waals surface area contributed by atoms with Gasteiger partial charge in [-0.15, -0.1) is 0 Å². The lowest BCUT2D eigenvalue weighted by atomic mass is 10.0. The lowest BCUT2D eigenvalue weighted by Crippen LogP contribution is -2.41. The lowest BCUT2D eigenvalue weighted by Gasteiger charge is -2.23. The molecule has 0 aromatic rings. The summed E-state index contributed by atoms with van der Waals surface area (Å²) in [5.74, 6) is 0.380. The summed E-state index contributed by atoms with van der Waals surface area (Å²) in [4.78, 5) is 30.8. The molecule has 0 bridgehead atoms. The summed E-state index contributed by atoms with van der Waals surface area (Å²) in [5, 5.41) is 0. The van der Waals surface area contributed by atoms with E-state index in [-0.39, 0.29) is 25.2 Å². The molecule has 1 heterocycles. The van der Waals surface area contributed by atoms with Gasteiger partial charge in [-0.05, 0) is 19.3 Å². The number of rotatable bonds is 56. The zero-order chi connectivity index (χ0) is 49.0. The van der Waals surface area contributed by atoms with Crippen LogP contribution < -0.4 is 0 Å². The second-order valence-corrected chi connectivity index (χ2v) is 21.9. The van der Waals surface area contributed by atoms with Gasteiger partial charge in [0.05, 0.1) is 0 Å². The normalized spacial score (nSPS) is 13.2. The maximum Gasteiger partial charge on any atom is 0.305 e. The number of unbranched alkanes of at least 4 members (excludes halogenated alkanes) is 46. The van der Waals surface area contributed by atoms with Crippen LogP contribution in [0.25, 0.3) is 0 Å². The van der Waals surface area contributed by atoms with Crippen molar-refractivity contribution in [3.05, 3.63) is 0 Å². The van der Waals surface area contributed by atoms with Crippen LogP contribution in [0.1, 0.15) is 355 Å². The van der Waals surface area contributed by atoms with Crippen molar-refractivity contribution < 1.29 is 23.8 Å². The van der Waals surface area contributed by atoms with Crippen LogP contribution in [-0.4, -0.2) is 43.2 Å². The Hall–Kier alpha value is -1.59. The van der Waals surface area contributed by atoms with Crippen molar-refractivity contribution in [1.82, 2.24) is 0 Å². The Bertz CT molecular complexity index is 1040. The standard InChI is InChI=1S/C62H119NO5/c1-4-7-10-13-16-19-22-25-28-31-32-35-38-41-44-47-50-53-59-63-62(56-66-59,57-67-60(64)54-51-48-45-42-39-36-33-29-26-23-20-17-14-11-8-5-2)58-68-61(65)55-52-49-46-43-40-37-34-30-27-24-21-18-15-12-9-6-3/h4-58H2,1-3H3. The van der Waals surface area contributed by atoms with Crippen molar-refractivity contribution in [2.45, 2.75) is 360 Å².